The van der Waals surface area contributed by atoms with E-state index in [2.05, 4.69) is 5.10 Å². The fraction of sp³-hybridized carbons (Fsp3) is 0.0667. The number of furan rings is 1. The number of methoxy groups -OCH3 is 1. The molecule has 0 spiro atoms. The molecule has 0 atom stereocenters. The van der Waals surface area contributed by atoms with Gasteiger partial charge in [-0.3, -0.25) is 4.79 Å². The molecule has 4 aromatic carbocycles. The van der Waals surface area contributed by atoms with Gasteiger partial charge in [-0.2, -0.15) is 9.78 Å². The Morgan fingerprint density at radius 1 is 0.947 bits per heavy atom. The van der Waals surface area contributed by atoms with Gasteiger partial charge in [-0.25, -0.2) is 9.78 Å². The third kappa shape index (κ3) is 4.18. The molecule has 6 rings (SSSR count). The number of para-hydroxylation sites is 2. The van der Waals surface area contributed by atoms with Crippen molar-refractivity contribution in [3.63, 3.8) is 0 Å². The maximum atomic E-state index is 13.6. The van der Waals surface area contributed by atoms with E-state index in [-0.39, 0.29) is 18.0 Å². The highest BCUT2D eigenvalue weighted by atomic mass is 16.6. The Morgan fingerprint density at radius 2 is 1.68 bits per heavy atom. The van der Waals surface area contributed by atoms with Crippen molar-refractivity contribution < 1.29 is 18.7 Å². The molecule has 186 valence electrons. The Balaban J connectivity index is 1.55. The first kappa shape index (κ1) is 23.2. The van der Waals surface area contributed by atoms with Gasteiger partial charge in [-0.05, 0) is 41.1 Å². The topological polar surface area (TPSA) is 95.9 Å². The summed E-state index contributed by atoms with van der Waals surface area (Å²) in [6.07, 6.45) is 1.54. The highest BCUT2D eigenvalue weighted by molar-refractivity contribution is 6.02. The highest BCUT2D eigenvalue weighted by Crippen LogP contribution is 2.29. The molecule has 0 radical (unpaired) electrons. The van der Waals surface area contributed by atoms with Crippen LogP contribution in [0.4, 0.5) is 0 Å². The van der Waals surface area contributed by atoms with Gasteiger partial charge in [0.2, 0.25) is 5.82 Å². The van der Waals surface area contributed by atoms with E-state index in [0.717, 1.165) is 16.2 Å². The smallest absolute Gasteiger partial charge is 0.343 e. The molecule has 8 heteroatoms. The summed E-state index contributed by atoms with van der Waals surface area (Å²) in [7, 11) is 1.30. The number of hydrogen-bond donors (Lipinski definition) is 0. The first-order valence-electron chi connectivity index (χ1n) is 11.9. The van der Waals surface area contributed by atoms with Crippen LogP contribution < -0.4 is 10.3 Å². The van der Waals surface area contributed by atoms with Gasteiger partial charge in [-0.1, -0.05) is 60.7 Å². The quantitative estimate of drug-likeness (QED) is 0.223. The predicted octanol–water partition coefficient (Wildman–Crippen LogP) is 5.40. The molecule has 0 saturated carbocycles. The molecule has 0 aliphatic carbocycles. The van der Waals surface area contributed by atoms with Gasteiger partial charge in [0.25, 0.3) is 5.56 Å². The summed E-state index contributed by atoms with van der Waals surface area (Å²) in [6, 6.07) is 27.9. The summed E-state index contributed by atoms with van der Waals surface area (Å²) in [5.41, 5.74) is 1.46. The monoisotopic (exact) mass is 503 g/mol. The second-order valence-corrected chi connectivity index (χ2v) is 8.53. The Labute approximate surface area is 216 Å². The third-order valence-corrected chi connectivity index (χ3v) is 6.21. The summed E-state index contributed by atoms with van der Waals surface area (Å²) >= 11 is 0. The lowest BCUT2D eigenvalue weighted by Crippen LogP contribution is -2.20. The predicted molar refractivity (Wildman–Crippen MR) is 146 cm³/mol. The van der Waals surface area contributed by atoms with Crippen molar-refractivity contribution in [3.8, 4) is 17.3 Å². The molecule has 2 heterocycles. The lowest BCUT2D eigenvalue weighted by molar-refractivity contribution is -0.142. The summed E-state index contributed by atoms with van der Waals surface area (Å²) in [5.74, 6) is 0.581. The lowest BCUT2D eigenvalue weighted by Gasteiger charge is -2.12. The molecule has 2 aromatic heterocycles. The van der Waals surface area contributed by atoms with E-state index in [1.807, 2.05) is 66.7 Å². The Bertz CT molecular complexity index is 1890. The van der Waals surface area contributed by atoms with E-state index in [0.29, 0.717) is 33.6 Å². The average Bonchev–Trinajstić information content (AvgIpc) is 3.40. The molecule has 0 aliphatic rings. The van der Waals surface area contributed by atoms with Crippen LogP contribution in [0.25, 0.3) is 44.2 Å². The number of hydrogen-bond acceptors (Lipinski definition) is 7. The van der Waals surface area contributed by atoms with Crippen molar-refractivity contribution in [2.24, 2.45) is 5.10 Å². The summed E-state index contributed by atoms with van der Waals surface area (Å²) in [5, 5.41) is 7.68. The zero-order valence-corrected chi connectivity index (χ0v) is 20.3. The minimum Gasteiger partial charge on any atom is -0.481 e. The van der Waals surface area contributed by atoms with Gasteiger partial charge in [0.1, 0.15) is 11.3 Å². The second-order valence-electron chi connectivity index (χ2n) is 8.53. The molecule has 0 bridgehead atoms. The molecule has 0 amide bonds. The molecule has 0 aliphatic heterocycles. The van der Waals surface area contributed by atoms with Crippen LogP contribution in [0.1, 0.15) is 5.56 Å². The second kappa shape index (κ2) is 9.67. The van der Waals surface area contributed by atoms with Gasteiger partial charge in [0, 0.05) is 10.9 Å². The molecular formula is C30H21N3O5. The normalized spacial score (nSPS) is 11.5. The van der Waals surface area contributed by atoms with Gasteiger partial charge in [0.05, 0.1) is 24.2 Å². The number of carbonyl (C=O) groups is 1. The van der Waals surface area contributed by atoms with Gasteiger partial charge < -0.3 is 13.9 Å². The van der Waals surface area contributed by atoms with Crippen LogP contribution in [0.5, 0.6) is 5.75 Å². The van der Waals surface area contributed by atoms with Crippen molar-refractivity contribution in [2.75, 3.05) is 13.7 Å². The highest BCUT2D eigenvalue weighted by Gasteiger charge is 2.17. The van der Waals surface area contributed by atoms with E-state index in [9.17, 15) is 9.59 Å². The summed E-state index contributed by atoms with van der Waals surface area (Å²) in [6.45, 7) is -0.266. The lowest BCUT2D eigenvalue weighted by atomic mass is 10.0. The van der Waals surface area contributed by atoms with Crippen molar-refractivity contribution in [1.29, 1.82) is 0 Å². The maximum Gasteiger partial charge on any atom is 0.343 e. The zero-order valence-electron chi connectivity index (χ0n) is 20.3. The van der Waals surface area contributed by atoms with Crippen LogP contribution in [-0.4, -0.2) is 35.6 Å². The van der Waals surface area contributed by atoms with Gasteiger partial charge >= 0.3 is 5.97 Å². The van der Waals surface area contributed by atoms with Crippen molar-refractivity contribution in [2.45, 2.75) is 0 Å². The number of carbonyl (C=O) groups excluding carboxylic acids is 1. The van der Waals surface area contributed by atoms with Crippen LogP contribution in [0, 0.1) is 0 Å². The molecule has 0 N–H and O–H groups in total. The largest absolute Gasteiger partial charge is 0.481 e. The van der Waals surface area contributed by atoms with E-state index in [4.69, 9.17) is 18.9 Å². The maximum absolute atomic E-state index is 13.6. The number of fused-ring (bicyclic) bond motifs is 3. The van der Waals surface area contributed by atoms with E-state index in [1.54, 1.807) is 30.5 Å². The van der Waals surface area contributed by atoms with E-state index in [1.165, 1.54) is 11.8 Å². The number of esters is 1. The van der Waals surface area contributed by atoms with Crippen LogP contribution in [0.15, 0.2) is 105 Å². The minimum absolute atomic E-state index is 0.262. The van der Waals surface area contributed by atoms with Crippen molar-refractivity contribution >= 4 is 44.8 Å². The van der Waals surface area contributed by atoms with Crippen LogP contribution >= 0.6 is 0 Å². The van der Waals surface area contributed by atoms with Crippen molar-refractivity contribution in [3.05, 3.63) is 107 Å². The fourth-order valence-corrected chi connectivity index (χ4v) is 4.33. The number of ether oxygens (including phenoxy) is 2. The van der Waals surface area contributed by atoms with Crippen LogP contribution in [-0.2, 0) is 9.53 Å². The Hall–Kier alpha value is -5.24. The number of aromatic nitrogens is 2. The van der Waals surface area contributed by atoms with E-state index < -0.39 is 5.97 Å². The zero-order chi connectivity index (χ0) is 26.1. The Kier molecular flexibility index (Phi) is 5.89. The number of rotatable bonds is 6. The molecular weight excluding hydrogens is 482 g/mol. The molecule has 8 nitrogen and oxygen atoms in total. The standard InChI is InChI=1S/C30H21N3O5/c1-36-28(34)18-37-26-15-14-19-8-2-4-10-21(19)23(26)17-31-33-29(27-16-20-9-3-7-13-25(20)38-27)32-24-12-6-5-11-22(24)30(33)35/h2-17H,18H2,1H3. The SMILES string of the molecule is COC(=O)COc1ccc2ccccc2c1C=Nn1c(-c2cc3ccccc3o2)nc2ccccc2c1=O. The molecule has 0 fully saturated rings. The van der Waals surface area contributed by atoms with Gasteiger partial charge in [-0.15, -0.1) is 0 Å². The van der Waals surface area contributed by atoms with Crippen molar-refractivity contribution in [1.82, 2.24) is 9.66 Å². The van der Waals surface area contributed by atoms with Gasteiger partial charge in [0.15, 0.2) is 12.4 Å². The molecule has 6 aromatic rings. The average molecular weight is 504 g/mol. The first-order chi connectivity index (χ1) is 18.6. The number of nitrogens with zero attached hydrogens (tertiary/aromatic N) is 3. The molecule has 0 saturated heterocycles. The van der Waals surface area contributed by atoms with Crippen LogP contribution in [0.3, 0.4) is 0 Å². The molecule has 38 heavy (non-hydrogen) atoms. The first-order valence-corrected chi connectivity index (χ1v) is 11.9. The summed E-state index contributed by atoms with van der Waals surface area (Å²) < 4.78 is 17.7. The molecule has 0 unspecified atom stereocenters. The minimum atomic E-state index is -0.511. The summed E-state index contributed by atoms with van der Waals surface area (Å²) in [4.78, 5) is 30.1. The van der Waals surface area contributed by atoms with Crippen LogP contribution in [0.2, 0.25) is 0 Å². The van der Waals surface area contributed by atoms with E-state index >= 15 is 0 Å². The third-order valence-electron chi connectivity index (χ3n) is 6.21. The fourth-order valence-electron chi connectivity index (χ4n) is 4.33. The Morgan fingerprint density at radius 3 is 2.50 bits per heavy atom. The number of benzene rings is 4.